The predicted molar refractivity (Wildman–Crippen MR) is 136 cm³/mol. The third kappa shape index (κ3) is 5.17. The fourth-order valence-electron chi connectivity index (χ4n) is 4.60. The summed E-state index contributed by atoms with van der Waals surface area (Å²) >= 11 is 0. The monoisotopic (exact) mass is 464 g/mol. The Morgan fingerprint density at radius 3 is 2.71 bits per heavy atom. The Morgan fingerprint density at radius 2 is 2.03 bits per heavy atom. The molecule has 1 aromatic carbocycles. The van der Waals surface area contributed by atoms with Crippen LogP contribution in [-0.4, -0.2) is 61.9 Å². The van der Waals surface area contributed by atoms with Gasteiger partial charge in [0.1, 0.15) is 17.6 Å². The summed E-state index contributed by atoms with van der Waals surface area (Å²) in [6.45, 7) is 13.6. The van der Waals surface area contributed by atoms with Gasteiger partial charge in [-0.15, -0.1) is 0 Å². The molecule has 4 rings (SSSR count). The van der Waals surface area contributed by atoms with E-state index in [1.165, 1.54) is 0 Å². The Hall–Kier alpha value is -2.74. The highest BCUT2D eigenvalue weighted by Crippen LogP contribution is 2.32. The molecule has 2 aliphatic heterocycles. The maximum atomic E-state index is 6.07. The largest absolute Gasteiger partial charge is 0.386 e. The average Bonchev–Trinajstić information content (AvgIpc) is 3.15. The number of oxime groups is 1. The van der Waals surface area contributed by atoms with Gasteiger partial charge in [-0.05, 0) is 57.4 Å². The lowest BCUT2D eigenvalue weighted by Gasteiger charge is -2.37. The first kappa shape index (κ1) is 24.4. The highest BCUT2D eigenvalue weighted by molar-refractivity contribution is 6.05. The number of aromatic nitrogens is 1. The van der Waals surface area contributed by atoms with Crippen molar-refractivity contribution in [2.24, 2.45) is 5.16 Å². The SMILES string of the molecule is C=C(c1ccc(C2=NOC(C)(C)C2OCCOC)cc1)N(c1ncccc1C)[C@@H]1CCCNC1. The maximum absolute atomic E-state index is 6.07. The number of aryl methyl sites for hydroxylation is 1. The van der Waals surface area contributed by atoms with Gasteiger partial charge >= 0.3 is 0 Å². The molecule has 7 nitrogen and oxygen atoms in total. The number of methoxy groups -OCH3 is 1. The van der Waals surface area contributed by atoms with Crippen LogP contribution < -0.4 is 10.2 Å². The molecular weight excluding hydrogens is 428 g/mol. The van der Waals surface area contributed by atoms with Crippen molar-refractivity contribution in [2.75, 3.05) is 38.3 Å². The highest BCUT2D eigenvalue weighted by atomic mass is 16.7. The molecule has 2 aliphatic rings. The number of pyridine rings is 1. The van der Waals surface area contributed by atoms with E-state index in [9.17, 15) is 0 Å². The van der Waals surface area contributed by atoms with Crippen molar-refractivity contribution in [1.82, 2.24) is 10.3 Å². The van der Waals surface area contributed by atoms with Crippen molar-refractivity contribution < 1.29 is 14.3 Å². The van der Waals surface area contributed by atoms with E-state index in [0.29, 0.717) is 19.3 Å². The van der Waals surface area contributed by atoms with Gasteiger partial charge in [0, 0.05) is 37.2 Å². The van der Waals surface area contributed by atoms with Crippen LogP contribution in [0.4, 0.5) is 5.82 Å². The number of ether oxygens (including phenoxy) is 2. The summed E-state index contributed by atoms with van der Waals surface area (Å²) < 4.78 is 11.2. The number of nitrogens with one attached hydrogen (secondary N) is 1. The van der Waals surface area contributed by atoms with Gasteiger partial charge in [-0.2, -0.15) is 0 Å². The molecule has 1 unspecified atom stereocenters. The first-order chi connectivity index (χ1) is 16.4. The van der Waals surface area contributed by atoms with E-state index in [1.807, 2.05) is 26.1 Å². The van der Waals surface area contributed by atoms with Crippen LogP contribution >= 0.6 is 0 Å². The summed E-state index contributed by atoms with van der Waals surface area (Å²) in [5, 5.41) is 7.89. The highest BCUT2D eigenvalue weighted by Gasteiger charge is 2.42. The van der Waals surface area contributed by atoms with Gasteiger partial charge in [0.15, 0.2) is 5.60 Å². The molecule has 3 heterocycles. The first-order valence-electron chi connectivity index (χ1n) is 12.0. The summed E-state index contributed by atoms with van der Waals surface area (Å²) in [6, 6.07) is 12.7. The van der Waals surface area contributed by atoms with E-state index in [2.05, 4.69) is 59.2 Å². The third-order valence-corrected chi connectivity index (χ3v) is 6.48. The molecule has 2 aromatic rings. The zero-order valence-electron chi connectivity index (χ0n) is 20.7. The van der Waals surface area contributed by atoms with Crippen molar-refractivity contribution in [1.29, 1.82) is 0 Å². The predicted octanol–water partition coefficient (Wildman–Crippen LogP) is 4.16. The summed E-state index contributed by atoms with van der Waals surface area (Å²) in [5.41, 5.74) is 4.38. The number of rotatable bonds is 9. The molecule has 0 spiro atoms. The van der Waals surface area contributed by atoms with Gasteiger partial charge in [-0.25, -0.2) is 4.98 Å². The van der Waals surface area contributed by atoms with E-state index in [4.69, 9.17) is 19.3 Å². The molecule has 0 saturated carbocycles. The zero-order valence-corrected chi connectivity index (χ0v) is 20.7. The molecule has 182 valence electrons. The number of benzene rings is 1. The van der Waals surface area contributed by atoms with Crippen molar-refractivity contribution in [3.63, 3.8) is 0 Å². The Bertz CT molecular complexity index is 1010. The summed E-state index contributed by atoms with van der Waals surface area (Å²) in [7, 11) is 1.67. The van der Waals surface area contributed by atoms with Crippen molar-refractivity contribution in [2.45, 2.75) is 51.4 Å². The van der Waals surface area contributed by atoms with Gasteiger partial charge in [-0.1, -0.05) is 42.1 Å². The van der Waals surface area contributed by atoms with E-state index in [-0.39, 0.29) is 6.10 Å². The molecule has 1 aromatic heterocycles. The smallest absolute Gasteiger partial charge is 0.163 e. The molecule has 0 radical (unpaired) electrons. The average molecular weight is 465 g/mol. The Balaban J connectivity index is 1.58. The Kier molecular flexibility index (Phi) is 7.66. The molecular formula is C27H36N4O3. The van der Waals surface area contributed by atoms with Crippen LogP contribution in [0.15, 0.2) is 54.3 Å². The van der Waals surface area contributed by atoms with Gasteiger partial charge in [-0.3, -0.25) is 0 Å². The van der Waals surface area contributed by atoms with E-state index < -0.39 is 5.60 Å². The lowest BCUT2D eigenvalue weighted by molar-refractivity contribution is -0.0809. The van der Waals surface area contributed by atoms with Crippen molar-refractivity contribution in [3.8, 4) is 0 Å². The topological polar surface area (TPSA) is 68.2 Å². The zero-order chi connectivity index (χ0) is 24.1. The van der Waals surface area contributed by atoms with E-state index >= 15 is 0 Å². The lowest BCUT2D eigenvalue weighted by atomic mass is 9.93. The van der Waals surface area contributed by atoms with E-state index in [0.717, 1.165) is 59.8 Å². The van der Waals surface area contributed by atoms with Crippen molar-refractivity contribution >= 4 is 17.2 Å². The van der Waals surface area contributed by atoms with Gasteiger partial charge in [0.25, 0.3) is 0 Å². The molecule has 0 bridgehead atoms. The molecule has 2 atom stereocenters. The Labute approximate surface area is 202 Å². The second-order valence-corrected chi connectivity index (χ2v) is 9.45. The van der Waals surface area contributed by atoms with Crippen LogP contribution in [0.2, 0.25) is 0 Å². The molecule has 7 heteroatoms. The first-order valence-corrected chi connectivity index (χ1v) is 12.0. The molecule has 34 heavy (non-hydrogen) atoms. The number of hydrogen-bond acceptors (Lipinski definition) is 7. The summed E-state index contributed by atoms with van der Waals surface area (Å²) in [6.07, 6.45) is 3.83. The fraction of sp³-hybridized carbons (Fsp3) is 0.481. The van der Waals surface area contributed by atoms with Crippen LogP contribution in [0.25, 0.3) is 5.70 Å². The van der Waals surface area contributed by atoms with Crippen molar-refractivity contribution in [3.05, 3.63) is 65.9 Å². The van der Waals surface area contributed by atoms with Crippen LogP contribution in [0.3, 0.4) is 0 Å². The van der Waals surface area contributed by atoms with Gasteiger partial charge in [0.05, 0.1) is 13.2 Å². The number of anilines is 1. The van der Waals surface area contributed by atoms with Gasteiger partial charge < -0.3 is 24.5 Å². The van der Waals surface area contributed by atoms with Crippen LogP contribution in [0.5, 0.6) is 0 Å². The minimum atomic E-state index is -0.535. The fourth-order valence-corrected chi connectivity index (χ4v) is 4.60. The summed E-state index contributed by atoms with van der Waals surface area (Å²) in [4.78, 5) is 12.7. The molecule has 0 aliphatic carbocycles. The second-order valence-electron chi connectivity index (χ2n) is 9.45. The van der Waals surface area contributed by atoms with Crippen LogP contribution in [0.1, 0.15) is 43.4 Å². The maximum Gasteiger partial charge on any atom is 0.163 e. The third-order valence-electron chi connectivity index (χ3n) is 6.48. The van der Waals surface area contributed by atoms with E-state index in [1.54, 1.807) is 7.11 Å². The van der Waals surface area contributed by atoms with Gasteiger partial charge in [0.2, 0.25) is 0 Å². The molecule has 1 saturated heterocycles. The number of hydrogen-bond donors (Lipinski definition) is 1. The summed E-state index contributed by atoms with van der Waals surface area (Å²) in [5.74, 6) is 0.965. The van der Waals surface area contributed by atoms with Crippen LogP contribution in [-0.2, 0) is 14.3 Å². The normalized spacial score (nSPS) is 21.6. The molecule has 0 amide bonds. The number of piperidine rings is 1. The number of nitrogens with zero attached hydrogens (tertiary/aromatic N) is 3. The van der Waals surface area contributed by atoms with Crippen LogP contribution in [0, 0.1) is 6.92 Å². The minimum absolute atomic E-state index is 0.266. The second kappa shape index (κ2) is 10.7. The quantitative estimate of drug-likeness (QED) is 0.562. The molecule has 1 fully saturated rings. The lowest BCUT2D eigenvalue weighted by Crippen LogP contribution is -2.45. The minimum Gasteiger partial charge on any atom is -0.386 e. The molecule has 1 N–H and O–H groups in total. The standard InChI is InChI=1S/C27H36N4O3/c1-19-8-6-15-29-26(19)31(23-9-7-14-28-18-23)20(2)21-10-12-22(13-11-21)24-25(33-17-16-32-5)27(3,4)34-30-24/h6,8,10-13,15,23,25,28H,2,7,9,14,16-18H2,1,3-5H3/t23-,25?/m1/s1. The Morgan fingerprint density at radius 1 is 1.24 bits per heavy atom.